The molecule has 1 amide bonds. The molecule has 25 heavy (non-hydrogen) atoms. The molecule has 0 heterocycles. The van der Waals surface area contributed by atoms with E-state index in [1.165, 1.54) is 25.7 Å². The highest BCUT2D eigenvalue weighted by Gasteiger charge is 2.18. The minimum atomic E-state index is -3.53. The lowest BCUT2D eigenvalue weighted by Gasteiger charge is -2.14. The first-order valence-corrected chi connectivity index (χ1v) is 9.53. The number of nitrogens with one attached hydrogen (secondary N) is 1. The van der Waals surface area contributed by atoms with Crippen LogP contribution in [0.15, 0.2) is 47.4 Å². The Hall–Kier alpha value is -2.18. The Bertz CT molecular complexity index is 857. The van der Waals surface area contributed by atoms with Crippen LogP contribution in [0.4, 0.5) is 5.69 Å². The highest BCUT2D eigenvalue weighted by atomic mass is 32.2. The van der Waals surface area contributed by atoms with Crippen molar-refractivity contribution in [2.75, 3.05) is 19.4 Å². The van der Waals surface area contributed by atoms with Gasteiger partial charge in [0.1, 0.15) is 0 Å². The minimum Gasteiger partial charge on any atom is -0.326 e. The number of hydrogen-bond acceptors (Lipinski definition) is 3. The van der Waals surface area contributed by atoms with Gasteiger partial charge in [0, 0.05) is 26.2 Å². The first kappa shape index (κ1) is 19.1. The second-order valence-electron chi connectivity index (χ2n) is 6.30. The molecular formula is C19H24N2O3S. The molecule has 0 aliphatic rings. The smallest absolute Gasteiger partial charge is 0.242 e. The van der Waals surface area contributed by atoms with Crippen LogP contribution in [0.5, 0.6) is 0 Å². The zero-order chi connectivity index (χ0) is 18.6. The lowest BCUT2D eigenvalue weighted by atomic mass is 10.1. The van der Waals surface area contributed by atoms with E-state index in [0.717, 1.165) is 15.4 Å². The Kier molecular flexibility index (Phi) is 5.98. The molecule has 0 radical (unpaired) electrons. The number of anilines is 1. The molecule has 2 aromatic carbocycles. The van der Waals surface area contributed by atoms with Crippen LogP contribution in [0, 0.1) is 13.8 Å². The summed E-state index contributed by atoms with van der Waals surface area (Å²) in [7, 11) is -0.567. The van der Waals surface area contributed by atoms with Crippen LogP contribution in [0.25, 0.3) is 0 Å². The average molecular weight is 360 g/mol. The van der Waals surface area contributed by atoms with E-state index >= 15 is 0 Å². The van der Waals surface area contributed by atoms with Gasteiger partial charge in [0.2, 0.25) is 15.9 Å². The largest absolute Gasteiger partial charge is 0.326 e. The van der Waals surface area contributed by atoms with Crippen molar-refractivity contribution in [1.82, 2.24) is 4.31 Å². The normalized spacial score (nSPS) is 11.6. The number of carbonyl (C=O) groups is 1. The summed E-state index contributed by atoms with van der Waals surface area (Å²) in [6, 6.07) is 12.8. The van der Waals surface area contributed by atoms with Gasteiger partial charge in [0.15, 0.2) is 0 Å². The Labute approximate surface area is 149 Å². The van der Waals surface area contributed by atoms with Gasteiger partial charge in [-0.3, -0.25) is 4.79 Å². The van der Waals surface area contributed by atoms with Crippen molar-refractivity contribution < 1.29 is 13.2 Å². The van der Waals surface area contributed by atoms with Crippen molar-refractivity contribution in [2.45, 2.75) is 31.6 Å². The van der Waals surface area contributed by atoms with E-state index in [4.69, 9.17) is 0 Å². The number of amides is 1. The molecule has 2 aromatic rings. The van der Waals surface area contributed by atoms with Gasteiger partial charge in [-0.05, 0) is 43.5 Å². The molecular weight excluding hydrogens is 336 g/mol. The summed E-state index contributed by atoms with van der Waals surface area (Å²) in [5, 5.41) is 2.82. The Morgan fingerprint density at radius 3 is 2.28 bits per heavy atom. The van der Waals surface area contributed by atoms with Crippen LogP contribution in [-0.2, 0) is 21.2 Å². The minimum absolute atomic E-state index is 0.136. The third kappa shape index (κ3) is 4.90. The molecule has 0 aliphatic carbocycles. The first-order valence-electron chi connectivity index (χ1n) is 8.09. The van der Waals surface area contributed by atoms with Crippen molar-refractivity contribution in [1.29, 1.82) is 0 Å². The number of rotatable bonds is 6. The van der Waals surface area contributed by atoms with Crippen LogP contribution in [0.2, 0.25) is 0 Å². The number of benzene rings is 2. The summed E-state index contributed by atoms with van der Waals surface area (Å²) in [6.07, 6.45) is 0.980. The van der Waals surface area contributed by atoms with Gasteiger partial charge in [-0.2, -0.15) is 0 Å². The quantitative estimate of drug-likeness (QED) is 0.861. The Morgan fingerprint density at radius 2 is 1.68 bits per heavy atom. The van der Waals surface area contributed by atoms with E-state index in [2.05, 4.69) is 5.32 Å². The molecule has 134 valence electrons. The summed E-state index contributed by atoms with van der Waals surface area (Å²) in [4.78, 5) is 12.4. The van der Waals surface area contributed by atoms with E-state index < -0.39 is 10.0 Å². The van der Waals surface area contributed by atoms with Gasteiger partial charge in [0.05, 0.1) is 4.90 Å². The number of aryl methyl sites for hydroxylation is 3. The highest BCUT2D eigenvalue weighted by Crippen LogP contribution is 2.22. The average Bonchev–Trinajstić information content (AvgIpc) is 2.56. The van der Waals surface area contributed by atoms with E-state index in [-0.39, 0.29) is 10.8 Å². The number of nitrogens with zero attached hydrogens (tertiary/aromatic N) is 1. The second-order valence-corrected chi connectivity index (χ2v) is 8.45. The van der Waals surface area contributed by atoms with Crippen LogP contribution >= 0.6 is 0 Å². The van der Waals surface area contributed by atoms with Gasteiger partial charge in [-0.15, -0.1) is 0 Å². The lowest BCUT2D eigenvalue weighted by molar-refractivity contribution is -0.116. The maximum atomic E-state index is 12.2. The van der Waals surface area contributed by atoms with E-state index in [9.17, 15) is 13.2 Å². The van der Waals surface area contributed by atoms with Crippen LogP contribution < -0.4 is 5.32 Å². The molecule has 0 saturated heterocycles. The van der Waals surface area contributed by atoms with Gasteiger partial charge >= 0.3 is 0 Å². The zero-order valence-electron chi connectivity index (χ0n) is 15.0. The maximum absolute atomic E-state index is 12.2. The fourth-order valence-electron chi connectivity index (χ4n) is 2.33. The summed E-state index contributed by atoms with van der Waals surface area (Å²) < 4.78 is 25.6. The molecule has 0 bridgehead atoms. The molecule has 0 saturated carbocycles. The van der Waals surface area contributed by atoms with Gasteiger partial charge in [-0.1, -0.05) is 35.9 Å². The zero-order valence-corrected chi connectivity index (χ0v) is 15.9. The second kappa shape index (κ2) is 7.80. The van der Waals surface area contributed by atoms with E-state index in [1.54, 1.807) is 12.1 Å². The molecule has 1 N–H and O–H groups in total. The lowest BCUT2D eigenvalue weighted by Crippen LogP contribution is -2.22. The monoisotopic (exact) mass is 360 g/mol. The maximum Gasteiger partial charge on any atom is 0.242 e. The van der Waals surface area contributed by atoms with Crippen molar-refractivity contribution in [3.63, 3.8) is 0 Å². The van der Waals surface area contributed by atoms with Gasteiger partial charge in [0.25, 0.3) is 0 Å². The predicted octanol–water partition coefficient (Wildman–Crippen LogP) is 3.13. The van der Waals surface area contributed by atoms with E-state index in [1.807, 2.05) is 38.1 Å². The van der Waals surface area contributed by atoms with Crippen LogP contribution in [0.3, 0.4) is 0 Å². The molecule has 5 nitrogen and oxygen atoms in total. The fourth-order valence-corrected chi connectivity index (χ4v) is 3.26. The Morgan fingerprint density at radius 1 is 1.04 bits per heavy atom. The number of sulfonamides is 1. The Balaban J connectivity index is 2.08. The molecule has 0 atom stereocenters. The number of hydrogen-bond donors (Lipinski definition) is 1. The molecule has 0 aliphatic heterocycles. The standard InChI is InChI=1S/C19H24N2O3S/c1-14-5-8-16(9-6-14)10-12-19(22)20-18-13-17(11-7-15(18)2)25(23,24)21(3)4/h5-9,11,13H,10,12H2,1-4H3,(H,20,22). The molecule has 0 spiro atoms. The van der Waals surface area contributed by atoms with Crippen LogP contribution in [0.1, 0.15) is 23.1 Å². The summed E-state index contributed by atoms with van der Waals surface area (Å²) >= 11 is 0. The molecule has 2 rings (SSSR count). The third-order valence-electron chi connectivity index (χ3n) is 4.02. The van der Waals surface area contributed by atoms with Gasteiger partial charge in [-0.25, -0.2) is 12.7 Å². The molecule has 6 heteroatoms. The fraction of sp³-hybridized carbons (Fsp3) is 0.316. The van der Waals surface area contributed by atoms with Crippen LogP contribution in [-0.4, -0.2) is 32.7 Å². The highest BCUT2D eigenvalue weighted by molar-refractivity contribution is 7.89. The summed E-state index contributed by atoms with van der Waals surface area (Å²) in [5.74, 6) is -0.136. The van der Waals surface area contributed by atoms with Crippen molar-refractivity contribution in [3.05, 3.63) is 59.2 Å². The van der Waals surface area contributed by atoms with Crippen molar-refractivity contribution in [2.24, 2.45) is 0 Å². The van der Waals surface area contributed by atoms with Gasteiger partial charge < -0.3 is 5.32 Å². The topological polar surface area (TPSA) is 66.5 Å². The van der Waals surface area contributed by atoms with Crippen molar-refractivity contribution >= 4 is 21.6 Å². The third-order valence-corrected chi connectivity index (χ3v) is 5.83. The summed E-state index contributed by atoms with van der Waals surface area (Å²) in [6.45, 7) is 3.86. The summed E-state index contributed by atoms with van der Waals surface area (Å²) in [5.41, 5.74) is 3.63. The predicted molar refractivity (Wildman–Crippen MR) is 100 cm³/mol. The number of carbonyl (C=O) groups excluding carboxylic acids is 1. The molecule has 0 unspecified atom stereocenters. The van der Waals surface area contributed by atoms with Crippen molar-refractivity contribution in [3.8, 4) is 0 Å². The van der Waals surface area contributed by atoms with E-state index in [0.29, 0.717) is 18.5 Å². The molecule has 0 fully saturated rings. The molecule has 0 aromatic heterocycles. The first-order chi connectivity index (χ1) is 11.7. The SMILES string of the molecule is Cc1ccc(CCC(=O)Nc2cc(S(=O)(=O)N(C)C)ccc2C)cc1.